The van der Waals surface area contributed by atoms with Crippen molar-refractivity contribution in [3.8, 4) is 5.75 Å². The quantitative estimate of drug-likeness (QED) is 0.784. The van der Waals surface area contributed by atoms with Crippen LogP contribution >= 0.6 is 27.5 Å². The Labute approximate surface area is 126 Å². The van der Waals surface area contributed by atoms with E-state index in [1.807, 2.05) is 30.3 Å². The highest BCUT2D eigenvalue weighted by Crippen LogP contribution is 2.29. The third-order valence-corrected chi connectivity index (χ3v) is 4.18. The molecule has 0 saturated carbocycles. The lowest BCUT2D eigenvalue weighted by Crippen LogP contribution is -2.09. The van der Waals surface area contributed by atoms with Crippen LogP contribution in [0.15, 0.2) is 46.9 Å². The maximum Gasteiger partial charge on any atom is 0.115 e. The molecular formula is C15H15BrClNO. The van der Waals surface area contributed by atoms with Gasteiger partial charge in [0.1, 0.15) is 5.75 Å². The molecule has 0 aliphatic carbocycles. The Morgan fingerprint density at radius 2 is 1.89 bits per heavy atom. The number of hydrogen-bond acceptors (Lipinski definition) is 2. The van der Waals surface area contributed by atoms with Crippen molar-refractivity contribution in [2.45, 2.75) is 19.4 Å². The summed E-state index contributed by atoms with van der Waals surface area (Å²) in [4.78, 5) is 0. The maximum absolute atomic E-state index is 9.33. The van der Waals surface area contributed by atoms with Crippen LogP contribution in [0.2, 0.25) is 5.02 Å². The van der Waals surface area contributed by atoms with Gasteiger partial charge >= 0.3 is 0 Å². The Morgan fingerprint density at radius 3 is 2.47 bits per heavy atom. The number of rotatable bonds is 4. The van der Waals surface area contributed by atoms with Crippen molar-refractivity contribution in [1.82, 2.24) is 0 Å². The summed E-state index contributed by atoms with van der Waals surface area (Å²) < 4.78 is 0.875. The molecule has 2 N–H and O–H groups in total. The second kappa shape index (κ2) is 6.31. The molecule has 2 aromatic rings. The minimum absolute atomic E-state index is 0.202. The molecule has 0 aliphatic heterocycles. The van der Waals surface area contributed by atoms with E-state index in [4.69, 9.17) is 11.6 Å². The lowest BCUT2D eigenvalue weighted by atomic mass is 10.0. The van der Waals surface area contributed by atoms with Crippen molar-refractivity contribution in [3.63, 3.8) is 0 Å². The largest absolute Gasteiger partial charge is 0.508 e. The fourth-order valence-corrected chi connectivity index (χ4v) is 2.41. The number of nitrogens with one attached hydrogen (secondary N) is 1. The molecule has 100 valence electrons. The molecule has 2 rings (SSSR count). The van der Waals surface area contributed by atoms with Gasteiger partial charge in [-0.15, -0.1) is 0 Å². The van der Waals surface area contributed by atoms with Gasteiger partial charge in [0.15, 0.2) is 0 Å². The Bertz CT molecular complexity index is 557. The van der Waals surface area contributed by atoms with Gasteiger partial charge in [-0.1, -0.05) is 30.7 Å². The molecule has 4 heteroatoms. The van der Waals surface area contributed by atoms with Crippen LogP contribution in [0.1, 0.15) is 24.9 Å². The lowest BCUT2D eigenvalue weighted by Gasteiger charge is -2.19. The molecular weight excluding hydrogens is 326 g/mol. The number of hydrogen-bond donors (Lipinski definition) is 2. The third-order valence-electron chi connectivity index (χ3n) is 2.96. The summed E-state index contributed by atoms with van der Waals surface area (Å²) in [6.45, 7) is 2.12. The summed E-state index contributed by atoms with van der Waals surface area (Å²) >= 11 is 9.40. The van der Waals surface area contributed by atoms with E-state index in [2.05, 4.69) is 28.2 Å². The van der Waals surface area contributed by atoms with E-state index in [0.29, 0.717) is 5.02 Å². The molecule has 0 radical (unpaired) electrons. The molecule has 0 aromatic heterocycles. The molecule has 0 aliphatic rings. The predicted molar refractivity (Wildman–Crippen MR) is 83.9 cm³/mol. The van der Waals surface area contributed by atoms with Gasteiger partial charge in [-0.3, -0.25) is 0 Å². The van der Waals surface area contributed by atoms with E-state index >= 15 is 0 Å². The molecule has 0 spiro atoms. The van der Waals surface area contributed by atoms with Gasteiger partial charge < -0.3 is 10.4 Å². The molecule has 0 bridgehead atoms. The van der Waals surface area contributed by atoms with Gasteiger partial charge in [-0.2, -0.15) is 0 Å². The minimum Gasteiger partial charge on any atom is -0.508 e. The zero-order valence-electron chi connectivity index (χ0n) is 10.5. The standard InChI is InChI=1S/C15H15BrClNO/c1-2-15(10-3-6-12(19)7-4-10)18-11-5-8-14(17)13(16)9-11/h3-9,15,18-19H,2H2,1H3. The fraction of sp³-hybridized carbons (Fsp3) is 0.200. The Kier molecular flexibility index (Phi) is 4.72. The molecule has 1 unspecified atom stereocenters. The van der Waals surface area contributed by atoms with Crippen LogP contribution in [0, 0.1) is 0 Å². The van der Waals surface area contributed by atoms with Crippen LogP contribution in [0.3, 0.4) is 0 Å². The Balaban J connectivity index is 2.18. The van der Waals surface area contributed by atoms with Gasteiger partial charge in [-0.05, 0) is 58.2 Å². The average Bonchev–Trinajstić information content (AvgIpc) is 2.41. The molecule has 0 fully saturated rings. The first kappa shape index (κ1) is 14.2. The smallest absolute Gasteiger partial charge is 0.115 e. The fourth-order valence-electron chi connectivity index (χ4n) is 1.91. The number of aromatic hydroxyl groups is 1. The zero-order valence-corrected chi connectivity index (χ0v) is 12.9. The first-order chi connectivity index (χ1) is 9.10. The molecule has 1 atom stereocenters. The minimum atomic E-state index is 0.202. The van der Waals surface area contributed by atoms with Gasteiger partial charge in [0, 0.05) is 10.2 Å². The Hall–Kier alpha value is -1.19. The summed E-state index contributed by atoms with van der Waals surface area (Å²) in [6, 6.07) is 13.3. The topological polar surface area (TPSA) is 32.3 Å². The SMILES string of the molecule is CCC(Nc1ccc(Cl)c(Br)c1)c1ccc(O)cc1. The highest BCUT2D eigenvalue weighted by atomic mass is 79.9. The van der Waals surface area contributed by atoms with Crippen LogP contribution in [-0.4, -0.2) is 5.11 Å². The highest BCUT2D eigenvalue weighted by molar-refractivity contribution is 9.10. The summed E-state index contributed by atoms with van der Waals surface area (Å²) in [5, 5.41) is 13.5. The molecule has 2 nitrogen and oxygen atoms in total. The summed E-state index contributed by atoms with van der Waals surface area (Å²) in [5.74, 6) is 0.285. The normalized spacial score (nSPS) is 12.2. The first-order valence-electron chi connectivity index (χ1n) is 6.10. The molecule has 0 saturated heterocycles. The number of halogens is 2. The van der Waals surface area contributed by atoms with Crippen LogP contribution < -0.4 is 5.32 Å². The van der Waals surface area contributed by atoms with Crippen molar-refractivity contribution in [2.24, 2.45) is 0 Å². The lowest BCUT2D eigenvalue weighted by molar-refractivity contribution is 0.475. The average molecular weight is 341 g/mol. The molecule has 19 heavy (non-hydrogen) atoms. The monoisotopic (exact) mass is 339 g/mol. The summed E-state index contributed by atoms with van der Waals surface area (Å²) in [5.41, 5.74) is 2.16. The first-order valence-corrected chi connectivity index (χ1v) is 7.27. The van der Waals surface area contributed by atoms with E-state index in [1.54, 1.807) is 12.1 Å². The van der Waals surface area contributed by atoms with Crippen LogP contribution in [-0.2, 0) is 0 Å². The summed E-state index contributed by atoms with van der Waals surface area (Å²) in [7, 11) is 0. The van der Waals surface area contributed by atoms with Crippen molar-refractivity contribution < 1.29 is 5.11 Å². The van der Waals surface area contributed by atoms with Crippen LogP contribution in [0.5, 0.6) is 5.75 Å². The maximum atomic E-state index is 9.33. The highest BCUT2D eigenvalue weighted by Gasteiger charge is 2.09. The van der Waals surface area contributed by atoms with E-state index in [-0.39, 0.29) is 11.8 Å². The number of benzene rings is 2. The van der Waals surface area contributed by atoms with Crippen LogP contribution in [0.4, 0.5) is 5.69 Å². The van der Waals surface area contributed by atoms with Crippen LogP contribution in [0.25, 0.3) is 0 Å². The van der Waals surface area contributed by atoms with E-state index in [9.17, 15) is 5.11 Å². The van der Waals surface area contributed by atoms with E-state index in [0.717, 1.165) is 22.1 Å². The third kappa shape index (κ3) is 3.64. The summed E-state index contributed by atoms with van der Waals surface area (Å²) in [6.07, 6.45) is 0.949. The second-order valence-corrected chi connectivity index (χ2v) is 5.59. The zero-order chi connectivity index (χ0) is 13.8. The van der Waals surface area contributed by atoms with Gasteiger partial charge in [0.05, 0.1) is 11.1 Å². The number of anilines is 1. The molecule has 2 aromatic carbocycles. The second-order valence-electron chi connectivity index (χ2n) is 4.33. The number of phenols is 1. The number of phenolic OH excluding ortho intramolecular Hbond substituents is 1. The van der Waals surface area contributed by atoms with E-state index < -0.39 is 0 Å². The van der Waals surface area contributed by atoms with E-state index in [1.165, 1.54) is 0 Å². The molecule has 0 heterocycles. The molecule has 0 amide bonds. The van der Waals surface area contributed by atoms with Crippen molar-refractivity contribution in [3.05, 3.63) is 57.5 Å². The van der Waals surface area contributed by atoms with Crippen molar-refractivity contribution in [2.75, 3.05) is 5.32 Å². The van der Waals surface area contributed by atoms with Crippen molar-refractivity contribution >= 4 is 33.2 Å². The van der Waals surface area contributed by atoms with Gasteiger partial charge in [-0.25, -0.2) is 0 Å². The van der Waals surface area contributed by atoms with Gasteiger partial charge in [0.25, 0.3) is 0 Å². The van der Waals surface area contributed by atoms with Gasteiger partial charge in [0.2, 0.25) is 0 Å². The van der Waals surface area contributed by atoms with Crippen molar-refractivity contribution in [1.29, 1.82) is 0 Å². The predicted octanol–water partition coefficient (Wildman–Crippen LogP) is 5.37. The Morgan fingerprint density at radius 1 is 1.21 bits per heavy atom.